The lowest BCUT2D eigenvalue weighted by Crippen LogP contribution is -2.25. The number of oxime groups is 1. The minimum atomic E-state index is 0.231. The molecule has 2 aromatic heterocycles. The molecule has 0 spiro atoms. The zero-order chi connectivity index (χ0) is 12.3. The Labute approximate surface area is 99.0 Å². The molecule has 0 unspecified atom stereocenters. The Morgan fingerprint density at radius 2 is 2.41 bits per heavy atom. The molecule has 0 fully saturated rings. The highest BCUT2D eigenvalue weighted by Crippen LogP contribution is 2.14. The molecule has 17 heavy (non-hydrogen) atoms. The molecule has 0 saturated heterocycles. The van der Waals surface area contributed by atoms with Crippen LogP contribution in [0.2, 0.25) is 0 Å². The zero-order valence-corrected chi connectivity index (χ0v) is 9.61. The van der Waals surface area contributed by atoms with Crippen molar-refractivity contribution in [2.45, 2.75) is 6.42 Å². The highest BCUT2D eigenvalue weighted by Gasteiger charge is 2.06. The number of fused-ring (bicyclic) bond motifs is 1. The number of anilines is 1. The van der Waals surface area contributed by atoms with Gasteiger partial charge in [-0.15, -0.1) is 0 Å². The maximum absolute atomic E-state index is 8.49. The Bertz CT molecular complexity index is 533. The summed E-state index contributed by atoms with van der Waals surface area (Å²) in [4.78, 5) is 6.26. The normalized spacial score (nSPS) is 11.9. The minimum Gasteiger partial charge on any atom is -0.409 e. The van der Waals surface area contributed by atoms with Crippen molar-refractivity contribution < 1.29 is 5.21 Å². The summed E-state index contributed by atoms with van der Waals surface area (Å²) in [5, 5.41) is 11.4. The number of hydrogen-bond acceptors (Lipinski definition) is 4. The van der Waals surface area contributed by atoms with Crippen LogP contribution in [0, 0.1) is 0 Å². The quantitative estimate of drug-likeness (QED) is 0.356. The van der Waals surface area contributed by atoms with Crippen LogP contribution in [-0.4, -0.2) is 34.0 Å². The first-order chi connectivity index (χ1) is 8.22. The molecule has 2 rings (SSSR count). The van der Waals surface area contributed by atoms with Crippen molar-refractivity contribution in [2.24, 2.45) is 10.9 Å². The second kappa shape index (κ2) is 4.73. The van der Waals surface area contributed by atoms with E-state index < -0.39 is 0 Å². The van der Waals surface area contributed by atoms with Gasteiger partial charge in [0.05, 0.1) is 0 Å². The third kappa shape index (κ3) is 2.30. The molecule has 0 aliphatic rings. The van der Waals surface area contributed by atoms with E-state index >= 15 is 0 Å². The summed E-state index contributed by atoms with van der Waals surface area (Å²) in [7, 11) is 1.96. The summed E-state index contributed by atoms with van der Waals surface area (Å²) in [5.41, 5.74) is 6.35. The molecule has 0 amide bonds. The second-order valence-corrected chi connectivity index (χ2v) is 3.80. The summed E-state index contributed by atoms with van der Waals surface area (Å²) in [6.07, 6.45) is 4.18. The summed E-state index contributed by atoms with van der Waals surface area (Å²) in [6, 6.07) is 5.90. The number of pyridine rings is 1. The van der Waals surface area contributed by atoms with Gasteiger partial charge in [0.25, 0.3) is 0 Å². The molecule has 6 nitrogen and oxygen atoms in total. The molecule has 90 valence electrons. The van der Waals surface area contributed by atoms with Gasteiger partial charge in [0.2, 0.25) is 0 Å². The van der Waals surface area contributed by atoms with E-state index in [-0.39, 0.29) is 5.84 Å². The number of nitrogens with zero attached hydrogens (tertiary/aromatic N) is 4. The van der Waals surface area contributed by atoms with Crippen LogP contribution in [0.1, 0.15) is 6.42 Å². The number of hydrogen-bond donors (Lipinski definition) is 2. The lowest BCUT2D eigenvalue weighted by Gasteiger charge is -2.20. The van der Waals surface area contributed by atoms with Gasteiger partial charge in [-0.25, -0.2) is 4.98 Å². The predicted octanol–water partition coefficient (Wildman–Crippen LogP) is 0.907. The monoisotopic (exact) mass is 233 g/mol. The van der Waals surface area contributed by atoms with Crippen molar-refractivity contribution in [3.05, 3.63) is 30.6 Å². The van der Waals surface area contributed by atoms with E-state index in [1.54, 1.807) is 6.20 Å². The van der Waals surface area contributed by atoms with Crippen LogP contribution in [0.3, 0.4) is 0 Å². The molecule has 3 N–H and O–H groups in total. The van der Waals surface area contributed by atoms with Gasteiger partial charge in [-0.1, -0.05) is 11.2 Å². The van der Waals surface area contributed by atoms with E-state index in [2.05, 4.69) is 10.1 Å². The van der Waals surface area contributed by atoms with Crippen molar-refractivity contribution in [3.8, 4) is 0 Å². The molecule has 0 aliphatic heterocycles. The fourth-order valence-electron chi connectivity index (χ4n) is 1.69. The number of nitrogens with two attached hydrogens (primary N) is 1. The topological polar surface area (TPSA) is 79.1 Å². The van der Waals surface area contributed by atoms with Gasteiger partial charge in [-0.05, 0) is 12.1 Å². The third-order valence-corrected chi connectivity index (χ3v) is 2.63. The lowest BCUT2D eigenvalue weighted by molar-refractivity contribution is 0.317. The van der Waals surface area contributed by atoms with Crippen LogP contribution in [0.5, 0.6) is 0 Å². The molecular weight excluding hydrogens is 218 g/mol. The summed E-state index contributed by atoms with van der Waals surface area (Å²) < 4.78 is 1.99. The molecule has 0 aliphatic carbocycles. The Kier molecular flexibility index (Phi) is 3.13. The molecule has 2 heterocycles. The van der Waals surface area contributed by atoms with Crippen LogP contribution < -0.4 is 10.6 Å². The van der Waals surface area contributed by atoms with Gasteiger partial charge >= 0.3 is 0 Å². The van der Waals surface area contributed by atoms with E-state index in [9.17, 15) is 0 Å². The Hall–Kier alpha value is -2.24. The van der Waals surface area contributed by atoms with Gasteiger partial charge in [0.15, 0.2) is 0 Å². The third-order valence-electron chi connectivity index (χ3n) is 2.63. The molecule has 0 radical (unpaired) electrons. The van der Waals surface area contributed by atoms with E-state index in [4.69, 9.17) is 10.9 Å². The molecule has 0 bridgehead atoms. The van der Waals surface area contributed by atoms with Crippen LogP contribution >= 0.6 is 0 Å². The van der Waals surface area contributed by atoms with E-state index in [0.29, 0.717) is 13.0 Å². The van der Waals surface area contributed by atoms with Crippen LogP contribution in [-0.2, 0) is 0 Å². The summed E-state index contributed by atoms with van der Waals surface area (Å²) >= 11 is 0. The van der Waals surface area contributed by atoms with Gasteiger partial charge in [0, 0.05) is 32.4 Å². The van der Waals surface area contributed by atoms with E-state index in [0.717, 1.165) is 11.5 Å². The average Bonchev–Trinajstić information content (AvgIpc) is 2.83. The van der Waals surface area contributed by atoms with Crippen molar-refractivity contribution in [1.82, 2.24) is 9.38 Å². The number of imidazole rings is 1. The predicted molar refractivity (Wildman–Crippen MR) is 66.5 cm³/mol. The first-order valence-corrected chi connectivity index (χ1v) is 5.32. The lowest BCUT2D eigenvalue weighted by atomic mass is 10.3. The van der Waals surface area contributed by atoms with Crippen LogP contribution in [0.4, 0.5) is 5.82 Å². The Morgan fingerprint density at radius 3 is 3.18 bits per heavy atom. The van der Waals surface area contributed by atoms with Crippen LogP contribution in [0.15, 0.2) is 35.7 Å². The number of amidine groups is 1. The highest BCUT2D eigenvalue weighted by atomic mass is 16.4. The van der Waals surface area contributed by atoms with Crippen molar-refractivity contribution in [2.75, 3.05) is 18.5 Å². The summed E-state index contributed by atoms with van der Waals surface area (Å²) in [5.74, 6) is 1.25. The average molecular weight is 233 g/mol. The number of rotatable bonds is 4. The van der Waals surface area contributed by atoms with E-state index in [1.807, 2.05) is 40.7 Å². The molecule has 6 heteroatoms. The second-order valence-electron chi connectivity index (χ2n) is 3.80. The number of aromatic nitrogens is 2. The molecule has 2 aromatic rings. The largest absolute Gasteiger partial charge is 0.409 e. The smallest absolute Gasteiger partial charge is 0.140 e. The molecule has 0 atom stereocenters. The molecular formula is C11H15N5O. The maximum Gasteiger partial charge on any atom is 0.140 e. The van der Waals surface area contributed by atoms with Crippen molar-refractivity contribution >= 4 is 17.3 Å². The first kappa shape index (κ1) is 11.3. The van der Waals surface area contributed by atoms with Gasteiger partial charge < -0.3 is 15.8 Å². The standard InChI is InChI=1S/C11H15N5O/c1-15(7-5-9(12)14-17)11-4-2-3-10-13-6-8-16(10)11/h2-4,6,8,17H,5,7H2,1H3,(H2,12,14). The van der Waals surface area contributed by atoms with Crippen molar-refractivity contribution in [1.29, 1.82) is 0 Å². The van der Waals surface area contributed by atoms with Gasteiger partial charge in [-0.3, -0.25) is 4.40 Å². The Balaban J connectivity index is 2.18. The SMILES string of the molecule is CN(CC/C(N)=N/O)c1cccc2nccn12. The van der Waals surface area contributed by atoms with Crippen LogP contribution in [0.25, 0.3) is 5.65 Å². The fourth-order valence-corrected chi connectivity index (χ4v) is 1.69. The molecule has 0 aromatic carbocycles. The first-order valence-electron chi connectivity index (χ1n) is 5.32. The molecule has 0 saturated carbocycles. The highest BCUT2D eigenvalue weighted by molar-refractivity contribution is 5.80. The minimum absolute atomic E-state index is 0.231. The van der Waals surface area contributed by atoms with Gasteiger partial charge in [0.1, 0.15) is 17.3 Å². The zero-order valence-electron chi connectivity index (χ0n) is 9.61. The summed E-state index contributed by atoms with van der Waals surface area (Å²) in [6.45, 7) is 0.674. The van der Waals surface area contributed by atoms with E-state index in [1.165, 1.54) is 0 Å². The Morgan fingerprint density at radius 1 is 1.59 bits per heavy atom. The van der Waals surface area contributed by atoms with Crippen molar-refractivity contribution in [3.63, 3.8) is 0 Å². The van der Waals surface area contributed by atoms with Gasteiger partial charge in [-0.2, -0.15) is 0 Å². The maximum atomic E-state index is 8.49. The fraction of sp³-hybridized carbons (Fsp3) is 0.273.